The highest BCUT2D eigenvalue weighted by Crippen LogP contribution is 2.57. The molecule has 5 rings (SSSR count). The van der Waals surface area contributed by atoms with Gasteiger partial charge in [-0.1, -0.05) is 62.2 Å². The van der Waals surface area contributed by atoms with Crippen molar-refractivity contribution in [1.29, 1.82) is 0 Å². The Morgan fingerprint density at radius 3 is 2.50 bits per heavy atom. The van der Waals surface area contributed by atoms with Gasteiger partial charge in [0.05, 0.1) is 18.2 Å². The molecule has 1 fully saturated rings. The van der Waals surface area contributed by atoms with Crippen LogP contribution in [0.4, 0.5) is 15.8 Å². The Balaban J connectivity index is 1.57. The van der Waals surface area contributed by atoms with E-state index in [1.807, 2.05) is 20.8 Å². The number of ether oxygens (including phenoxy) is 3. The van der Waals surface area contributed by atoms with Gasteiger partial charge in [-0.3, -0.25) is 14.4 Å². The van der Waals surface area contributed by atoms with Crippen LogP contribution in [0.2, 0.25) is 10.0 Å². The zero-order valence-corrected chi connectivity index (χ0v) is 27.6. The average molecular weight is 673 g/mol. The number of fused-ring (bicyclic) bond motifs is 2. The molecule has 3 aromatic carbocycles. The van der Waals surface area contributed by atoms with Crippen molar-refractivity contribution in [2.45, 2.75) is 57.5 Å². The topological polar surface area (TPSA) is 115 Å². The molecule has 3 N–H and O–H groups in total. The number of amides is 2. The Morgan fingerprint density at radius 1 is 1.04 bits per heavy atom. The number of benzene rings is 3. The Morgan fingerprint density at radius 2 is 1.80 bits per heavy atom. The van der Waals surface area contributed by atoms with Gasteiger partial charge in [0.25, 0.3) is 0 Å². The fraction of sp³-hybridized carbons (Fsp3) is 0.382. The van der Waals surface area contributed by atoms with E-state index in [0.717, 1.165) is 0 Å². The Hall–Kier alpha value is -3.86. The summed E-state index contributed by atoms with van der Waals surface area (Å²) in [5.41, 5.74) is 0.0156. The molecule has 0 bridgehead atoms. The smallest absolute Gasteiger partial charge is 0.302 e. The lowest BCUT2D eigenvalue weighted by Gasteiger charge is -2.37. The van der Waals surface area contributed by atoms with Gasteiger partial charge in [0.1, 0.15) is 24.4 Å². The lowest BCUT2D eigenvalue weighted by Crippen LogP contribution is -2.49. The maximum atomic E-state index is 16.0. The summed E-state index contributed by atoms with van der Waals surface area (Å²) < 4.78 is 32.1. The molecule has 2 aliphatic heterocycles. The van der Waals surface area contributed by atoms with Crippen molar-refractivity contribution < 1.29 is 33.0 Å². The van der Waals surface area contributed by atoms with Crippen LogP contribution in [0.25, 0.3) is 0 Å². The minimum absolute atomic E-state index is 0.0617. The molecule has 9 nitrogen and oxygen atoms in total. The molecule has 0 unspecified atom stereocenters. The summed E-state index contributed by atoms with van der Waals surface area (Å²) in [6, 6.07) is 13.0. The number of carbonyl (C=O) groups excluding carboxylic acids is 3. The predicted molar refractivity (Wildman–Crippen MR) is 174 cm³/mol. The Kier molecular flexibility index (Phi) is 9.54. The molecule has 46 heavy (non-hydrogen) atoms. The highest BCUT2D eigenvalue weighted by Gasteiger charge is 2.66. The number of carbonyl (C=O) groups is 3. The molecule has 1 spiro atoms. The van der Waals surface area contributed by atoms with Gasteiger partial charge in [-0.2, -0.15) is 0 Å². The van der Waals surface area contributed by atoms with Crippen molar-refractivity contribution in [3.8, 4) is 11.5 Å². The number of hydrogen-bond donors (Lipinski definition) is 3. The highest BCUT2D eigenvalue weighted by atomic mass is 35.5. The van der Waals surface area contributed by atoms with E-state index < -0.39 is 41.1 Å². The fourth-order valence-electron chi connectivity index (χ4n) is 6.57. The number of halogens is 3. The van der Waals surface area contributed by atoms with E-state index in [1.165, 1.54) is 20.1 Å². The molecule has 3 aromatic rings. The molecule has 2 aliphatic rings. The van der Waals surface area contributed by atoms with Crippen molar-refractivity contribution in [3.63, 3.8) is 0 Å². The third-order valence-electron chi connectivity index (χ3n) is 8.30. The maximum absolute atomic E-state index is 16.0. The summed E-state index contributed by atoms with van der Waals surface area (Å²) in [4.78, 5) is 39.6. The van der Waals surface area contributed by atoms with Gasteiger partial charge in [-0.25, -0.2) is 4.39 Å². The van der Waals surface area contributed by atoms with Gasteiger partial charge in [0.2, 0.25) is 11.8 Å². The first-order chi connectivity index (χ1) is 21.8. The molecule has 12 heteroatoms. The summed E-state index contributed by atoms with van der Waals surface area (Å²) in [6.45, 7) is 7.61. The standard InChI is InChI=1S/C34H36Cl2FN3O6/c1-18(41)45-13-14-46-25-12-10-20(16-26(25)44-5)38-31(42)30-28(21-7-6-8-23(36)29(21)37)34(27(40-30)17-33(2,3)4)22-11-9-19(35)15-24(22)39-32(34)43/h6-12,15-16,27-28,30,40H,13-14,17H2,1-5H3,(H,38,42)(H,39,43)/t27-,28-,30+,34+/m0/s1. The summed E-state index contributed by atoms with van der Waals surface area (Å²) in [7, 11) is 1.46. The average Bonchev–Trinajstić information content (AvgIpc) is 3.46. The lowest BCUT2D eigenvalue weighted by atomic mass is 9.62. The van der Waals surface area contributed by atoms with Crippen molar-refractivity contribution in [2.75, 3.05) is 31.0 Å². The van der Waals surface area contributed by atoms with E-state index in [0.29, 0.717) is 39.9 Å². The number of nitrogens with one attached hydrogen (secondary N) is 3. The van der Waals surface area contributed by atoms with Crippen LogP contribution in [-0.4, -0.2) is 50.2 Å². The van der Waals surface area contributed by atoms with Gasteiger partial charge < -0.3 is 30.2 Å². The third-order valence-corrected chi connectivity index (χ3v) is 8.83. The largest absolute Gasteiger partial charge is 0.493 e. The molecule has 0 radical (unpaired) electrons. The monoisotopic (exact) mass is 671 g/mol. The van der Waals surface area contributed by atoms with Gasteiger partial charge in [0.15, 0.2) is 11.5 Å². The van der Waals surface area contributed by atoms with Crippen LogP contribution in [0.3, 0.4) is 0 Å². The normalized spacial score (nSPS) is 21.9. The van der Waals surface area contributed by atoms with E-state index in [-0.39, 0.29) is 35.1 Å². The lowest BCUT2D eigenvalue weighted by molar-refractivity contribution is -0.141. The number of methoxy groups -OCH3 is 1. The van der Waals surface area contributed by atoms with E-state index in [4.69, 9.17) is 37.4 Å². The van der Waals surface area contributed by atoms with Crippen LogP contribution in [0.1, 0.15) is 51.2 Å². The number of esters is 1. The first-order valence-electron chi connectivity index (χ1n) is 14.8. The van der Waals surface area contributed by atoms with E-state index in [9.17, 15) is 14.4 Å². The van der Waals surface area contributed by atoms with E-state index in [2.05, 4.69) is 16.0 Å². The minimum atomic E-state index is -1.38. The second-order valence-corrected chi connectivity index (χ2v) is 13.5. The quantitative estimate of drug-likeness (QED) is 0.176. The zero-order valence-electron chi connectivity index (χ0n) is 26.1. The van der Waals surface area contributed by atoms with Crippen molar-refractivity contribution >= 4 is 52.4 Å². The molecular formula is C34H36Cl2FN3O6. The molecule has 2 heterocycles. The van der Waals surface area contributed by atoms with Gasteiger partial charge in [-0.15, -0.1) is 0 Å². The summed E-state index contributed by atoms with van der Waals surface area (Å²) in [5, 5.41) is 9.66. The van der Waals surface area contributed by atoms with Crippen molar-refractivity contribution in [1.82, 2.24) is 5.32 Å². The molecule has 2 amide bonds. The summed E-state index contributed by atoms with van der Waals surface area (Å²) in [5.74, 6) is -2.24. The van der Waals surface area contributed by atoms with E-state index in [1.54, 1.807) is 48.5 Å². The first kappa shape index (κ1) is 33.5. The van der Waals surface area contributed by atoms with Crippen molar-refractivity contribution in [3.05, 3.63) is 81.6 Å². The fourth-order valence-corrected chi connectivity index (χ4v) is 6.93. The second kappa shape index (κ2) is 13.1. The van der Waals surface area contributed by atoms with Crippen LogP contribution < -0.4 is 25.4 Å². The van der Waals surface area contributed by atoms with Crippen LogP contribution in [-0.2, 0) is 24.5 Å². The predicted octanol–water partition coefficient (Wildman–Crippen LogP) is 6.47. The number of hydrogen-bond acceptors (Lipinski definition) is 7. The Labute approximate surface area is 277 Å². The van der Waals surface area contributed by atoms with Gasteiger partial charge in [-0.05, 0) is 53.3 Å². The molecule has 1 saturated heterocycles. The molecule has 4 atom stereocenters. The molecule has 0 aliphatic carbocycles. The SMILES string of the molecule is COc1cc(NC(=O)[C@@H]2N[C@@H](CC(C)(C)C)[C@@]3(C(=O)Nc4cc(Cl)ccc43)[C@H]2c2cccc(Cl)c2F)ccc1OCCOC(C)=O. The molecule has 0 aromatic heterocycles. The Bertz CT molecular complexity index is 1680. The van der Waals surface area contributed by atoms with E-state index >= 15 is 4.39 Å². The molecule has 244 valence electrons. The number of rotatable bonds is 9. The molecule has 0 saturated carbocycles. The van der Waals surface area contributed by atoms with Crippen LogP contribution in [0.5, 0.6) is 11.5 Å². The van der Waals surface area contributed by atoms with Crippen LogP contribution >= 0.6 is 23.2 Å². The maximum Gasteiger partial charge on any atom is 0.302 e. The number of anilines is 2. The van der Waals surface area contributed by atoms with Crippen LogP contribution in [0, 0.1) is 11.2 Å². The minimum Gasteiger partial charge on any atom is -0.493 e. The summed E-state index contributed by atoms with van der Waals surface area (Å²) >= 11 is 12.6. The third kappa shape index (κ3) is 6.38. The molecular weight excluding hydrogens is 636 g/mol. The first-order valence-corrected chi connectivity index (χ1v) is 15.6. The summed E-state index contributed by atoms with van der Waals surface area (Å²) in [6.07, 6.45) is 0.484. The van der Waals surface area contributed by atoms with Gasteiger partial charge in [0, 0.05) is 41.3 Å². The highest BCUT2D eigenvalue weighted by molar-refractivity contribution is 6.31. The van der Waals surface area contributed by atoms with Gasteiger partial charge >= 0.3 is 5.97 Å². The zero-order chi connectivity index (χ0) is 33.4. The second-order valence-electron chi connectivity index (χ2n) is 12.6. The van der Waals surface area contributed by atoms with Crippen LogP contribution in [0.15, 0.2) is 54.6 Å². The van der Waals surface area contributed by atoms with Crippen molar-refractivity contribution in [2.24, 2.45) is 5.41 Å².